The van der Waals surface area contributed by atoms with E-state index in [1.165, 1.54) is 22.3 Å². The maximum absolute atomic E-state index is 3.30. The van der Waals surface area contributed by atoms with Gasteiger partial charge in [-0.3, -0.25) is 0 Å². The van der Waals surface area contributed by atoms with E-state index < -0.39 is 0 Å². The van der Waals surface area contributed by atoms with Gasteiger partial charge in [-0.1, -0.05) is 35.4 Å². The normalized spacial score (nSPS) is 9.08. The van der Waals surface area contributed by atoms with E-state index in [-0.39, 0.29) is 51.0 Å². The summed E-state index contributed by atoms with van der Waals surface area (Å²) in [5.41, 5.74) is 5.51. The monoisotopic (exact) mass is 433 g/mol. The van der Waals surface area contributed by atoms with Gasteiger partial charge >= 0.3 is 26.2 Å². The maximum atomic E-state index is 3.30. The molecule has 0 N–H and O–H groups in total. The van der Waals surface area contributed by atoms with Crippen molar-refractivity contribution in [3.05, 3.63) is 96.4 Å². The molecular weight excluding hydrogens is 414 g/mol. The first-order valence-electron chi connectivity index (χ1n) is 7.35. The smallest absolute Gasteiger partial charge is 1.00 e. The Morgan fingerprint density at radius 1 is 0.875 bits per heavy atom. The second kappa shape index (κ2) is 14.6. The zero-order valence-electron chi connectivity index (χ0n) is 14.0. The molecule has 0 bridgehead atoms. The van der Waals surface area contributed by atoms with Crippen molar-refractivity contribution in [2.45, 2.75) is 20.3 Å². The zero-order valence-corrected chi connectivity index (χ0v) is 17.9. The summed E-state index contributed by atoms with van der Waals surface area (Å²) in [6, 6.07) is 28.1. The summed E-state index contributed by atoms with van der Waals surface area (Å²) in [6.45, 7) is 4.00. The molecule has 0 atom stereocenters. The molecule has 3 aromatic rings. The molecule has 0 unspecified atom stereocenters. The third kappa shape index (κ3) is 7.43. The molecular formula is C21H21Cl2Zr-3. The molecule has 0 spiro atoms. The Morgan fingerprint density at radius 2 is 1.46 bits per heavy atom. The van der Waals surface area contributed by atoms with Gasteiger partial charge < -0.3 is 31.2 Å². The van der Waals surface area contributed by atoms with Crippen molar-refractivity contribution in [2.75, 3.05) is 0 Å². The molecule has 126 valence electrons. The summed E-state index contributed by atoms with van der Waals surface area (Å²) in [4.78, 5) is 0. The summed E-state index contributed by atoms with van der Waals surface area (Å²) in [6.07, 6.45) is 3.05. The Morgan fingerprint density at radius 3 is 2.04 bits per heavy atom. The van der Waals surface area contributed by atoms with Crippen molar-refractivity contribution in [1.29, 1.82) is 0 Å². The van der Waals surface area contributed by atoms with Crippen molar-refractivity contribution in [2.24, 2.45) is 0 Å². The molecule has 0 saturated heterocycles. The molecule has 0 amide bonds. The summed E-state index contributed by atoms with van der Waals surface area (Å²) in [5.74, 6) is 0. The molecule has 0 radical (unpaired) electrons. The molecule has 1 aliphatic carbocycles. The number of benzene rings is 2. The first-order valence-corrected chi connectivity index (χ1v) is 7.35. The fourth-order valence-corrected chi connectivity index (χ4v) is 2.32. The van der Waals surface area contributed by atoms with Gasteiger partial charge in [0, 0.05) is 0 Å². The predicted octanol–water partition coefficient (Wildman–Crippen LogP) is -0.301. The van der Waals surface area contributed by atoms with E-state index in [0.29, 0.717) is 0 Å². The predicted molar refractivity (Wildman–Crippen MR) is 91.2 cm³/mol. The fraction of sp³-hybridized carbons (Fsp3) is 0.143. The molecule has 0 aliphatic heterocycles. The van der Waals surface area contributed by atoms with E-state index in [0.717, 1.165) is 6.42 Å². The minimum absolute atomic E-state index is 0. The number of fused-ring (bicyclic) bond motifs is 3. The van der Waals surface area contributed by atoms with Crippen LogP contribution in [0.25, 0.3) is 11.1 Å². The first-order chi connectivity index (χ1) is 10.4. The average Bonchev–Trinajstić information content (AvgIpc) is 3.19. The second-order valence-corrected chi connectivity index (χ2v) is 4.94. The van der Waals surface area contributed by atoms with Gasteiger partial charge in [0.1, 0.15) is 0 Å². The minimum atomic E-state index is 0. The van der Waals surface area contributed by atoms with Crippen molar-refractivity contribution >= 4 is 0 Å². The van der Waals surface area contributed by atoms with Gasteiger partial charge in [-0.15, -0.1) is 5.56 Å². The van der Waals surface area contributed by atoms with E-state index in [9.17, 15) is 0 Å². The van der Waals surface area contributed by atoms with E-state index in [4.69, 9.17) is 0 Å². The molecule has 0 saturated carbocycles. The minimum Gasteiger partial charge on any atom is -1.00 e. The first kappa shape index (κ1) is 25.5. The average molecular weight is 436 g/mol. The van der Waals surface area contributed by atoms with Crippen LogP contribution in [0.1, 0.15) is 25.0 Å². The Kier molecular flexibility index (Phi) is 15.5. The zero-order chi connectivity index (χ0) is 14.9. The van der Waals surface area contributed by atoms with Crippen LogP contribution in [-0.4, -0.2) is 0 Å². The summed E-state index contributed by atoms with van der Waals surface area (Å²) in [7, 11) is 0. The van der Waals surface area contributed by atoms with Crippen molar-refractivity contribution in [1.82, 2.24) is 0 Å². The Hall–Kier alpha value is -0.747. The molecule has 4 rings (SSSR count). The third-order valence-electron chi connectivity index (χ3n) is 3.17. The molecule has 0 nitrogen and oxygen atoms in total. The second-order valence-electron chi connectivity index (χ2n) is 4.94. The van der Waals surface area contributed by atoms with Crippen LogP contribution in [0, 0.1) is 12.5 Å². The van der Waals surface area contributed by atoms with Crippen molar-refractivity contribution in [3.8, 4) is 11.1 Å². The van der Waals surface area contributed by atoms with Crippen molar-refractivity contribution < 1.29 is 51.0 Å². The number of hydrogen-bond acceptors (Lipinski definition) is 0. The SMILES string of the molecule is C[CH-]C.[Cl-].[Cl-].[Zr+2].[c-]1cccc2c1Cc1ccccc1-2.c1cc[cH-]c1. The van der Waals surface area contributed by atoms with Crippen molar-refractivity contribution in [3.63, 3.8) is 0 Å². The maximum Gasteiger partial charge on any atom is 2.00 e. The van der Waals surface area contributed by atoms with Gasteiger partial charge in [0.25, 0.3) is 0 Å². The number of halogens is 2. The summed E-state index contributed by atoms with van der Waals surface area (Å²) in [5, 5.41) is 0. The van der Waals surface area contributed by atoms with Crippen LogP contribution in [0.4, 0.5) is 0 Å². The van der Waals surface area contributed by atoms with E-state index >= 15 is 0 Å². The number of rotatable bonds is 0. The Labute approximate surface area is 178 Å². The number of hydrogen-bond donors (Lipinski definition) is 0. The van der Waals surface area contributed by atoms with Gasteiger partial charge in [-0.05, 0) is 6.42 Å². The third-order valence-corrected chi connectivity index (χ3v) is 3.17. The van der Waals surface area contributed by atoms with Crippen LogP contribution in [0.5, 0.6) is 0 Å². The van der Waals surface area contributed by atoms with Crippen LogP contribution >= 0.6 is 0 Å². The molecule has 24 heavy (non-hydrogen) atoms. The molecule has 0 fully saturated rings. The van der Waals surface area contributed by atoms with Crippen LogP contribution in [0.3, 0.4) is 0 Å². The van der Waals surface area contributed by atoms with E-state index in [1.807, 2.05) is 56.7 Å². The van der Waals surface area contributed by atoms with E-state index in [1.54, 1.807) is 0 Å². The Balaban J connectivity index is 0. The quantitative estimate of drug-likeness (QED) is 0.333. The van der Waals surface area contributed by atoms with Crippen LogP contribution in [0.15, 0.2) is 72.8 Å². The topological polar surface area (TPSA) is 0 Å². The van der Waals surface area contributed by atoms with Gasteiger partial charge in [0.15, 0.2) is 0 Å². The van der Waals surface area contributed by atoms with Gasteiger partial charge in [0.05, 0.1) is 0 Å². The fourth-order valence-electron chi connectivity index (χ4n) is 2.32. The Bertz CT molecular complexity index is 588. The van der Waals surface area contributed by atoms with Gasteiger partial charge in [-0.25, -0.2) is 12.1 Å². The molecule has 3 aromatic carbocycles. The molecule has 1 aliphatic rings. The van der Waals surface area contributed by atoms with Gasteiger partial charge in [0.2, 0.25) is 0 Å². The van der Waals surface area contributed by atoms with Crippen LogP contribution in [0.2, 0.25) is 0 Å². The largest absolute Gasteiger partial charge is 2.00 e. The van der Waals surface area contributed by atoms with Gasteiger partial charge in [-0.2, -0.15) is 61.9 Å². The summed E-state index contributed by atoms with van der Waals surface area (Å²) < 4.78 is 0. The summed E-state index contributed by atoms with van der Waals surface area (Å²) >= 11 is 0. The molecule has 0 heterocycles. The standard InChI is InChI=1S/C13H9.C5H5.C3H7.2ClH.Zr/c1-3-7-12-10(5-1)9-11-6-2-4-8-13(11)12;1-2-4-5-3-1;1-3-2;;;/h1-5,7-8H,9H2;1-5H;3H,1-2H3;2*1H;/q3*-1;;;+2/p-2. The molecule has 3 heteroatoms. The molecule has 0 aromatic heterocycles. The van der Waals surface area contributed by atoms with Crippen LogP contribution < -0.4 is 24.8 Å². The van der Waals surface area contributed by atoms with E-state index in [2.05, 4.69) is 42.5 Å². The van der Waals surface area contributed by atoms with Crippen LogP contribution in [-0.2, 0) is 32.6 Å².